The summed E-state index contributed by atoms with van der Waals surface area (Å²) < 4.78 is 11.2. The molecule has 21 heavy (non-hydrogen) atoms. The molecule has 1 aliphatic rings. The molecule has 114 valence electrons. The van der Waals surface area contributed by atoms with Gasteiger partial charge in [-0.2, -0.15) is 5.26 Å². The Morgan fingerprint density at radius 2 is 2.19 bits per heavy atom. The van der Waals surface area contributed by atoms with Crippen molar-refractivity contribution in [1.82, 2.24) is 0 Å². The monoisotopic (exact) mass is 288 g/mol. The zero-order chi connectivity index (χ0) is 15.5. The van der Waals surface area contributed by atoms with Crippen LogP contribution in [0.2, 0.25) is 0 Å². The van der Waals surface area contributed by atoms with Crippen LogP contribution in [0.15, 0.2) is 18.2 Å². The van der Waals surface area contributed by atoms with Crippen LogP contribution in [-0.4, -0.2) is 25.9 Å². The molecule has 1 saturated carbocycles. The molecule has 0 aliphatic heterocycles. The predicted octanol–water partition coefficient (Wildman–Crippen LogP) is 3.57. The standard InChI is InChI=1S/C17H24N2O2/c1-5-17(3)15(10-16(17)21-6-2)19-13-8-7-12(11-18)9-14(13)20-4/h7-9,15-16,19H,5-6,10H2,1-4H3. The van der Waals surface area contributed by atoms with E-state index in [0.717, 1.165) is 25.1 Å². The van der Waals surface area contributed by atoms with Crippen molar-refractivity contribution in [3.8, 4) is 11.8 Å². The quantitative estimate of drug-likeness (QED) is 0.869. The number of nitrogens with zero attached hydrogens (tertiary/aromatic N) is 1. The maximum absolute atomic E-state index is 8.96. The van der Waals surface area contributed by atoms with Gasteiger partial charge in [-0.1, -0.05) is 13.8 Å². The Balaban J connectivity index is 2.14. The lowest BCUT2D eigenvalue weighted by Gasteiger charge is -2.54. The number of hydrogen-bond acceptors (Lipinski definition) is 4. The molecule has 0 amide bonds. The van der Waals surface area contributed by atoms with Crippen molar-refractivity contribution in [3.63, 3.8) is 0 Å². The number of anilines is 1. The molecule has 4 heteroatoms. The average Bonchev–Trinajstić information content (AvgIpc) is 2.53. The van der Waals surface area contributed by atoms with Crippen molar-refractivity contribution in [2.75, 3.05) is 19.0 Å². The van der Waals surface area contributed by atoms with Crippen molar-refractivity contribution in [2.24, 2.45) is 5.41 Å². The summed E-state index contributed by atoms with van der Waals surface area (Å²) in [5.74, 6) is 0.715. The lowest BCUT2D eigenvalue weighted by Crippen LogP contribution is -2.59. The summed E-state index contributed by atoms with van der Waals surface area (Å²) in [4.78, 5) is 0. The molecular weight excluding hydrogens is 264 g/mol. The molecule has 1 aromatic rings. The number of nitrogens with one attached hydrogen (secondary N) is 1. The maximum atomic E-state index is 8.96. The predicted molar refractivity (Wildman–Crippen MR) is 83.5 cm³/mol. The smallest absolute Gasteiger partial charge is 0.143 e. The SMILES string of the molecule is CCOC1CC(Nc2ccc(C#N)cc2OC)C1(C)CC. The zero-order valence-electron chi connectivity index (χ0n) is 13.3. The molecule has 0 bridgehead atoms. The molecule has 3 unspecified atom stereocenters. The second-order valence-electron chi connectivity index (χ2n) is 5.76. The molecule has 4 nitrogen and oxygen atoms in total. The van der Waals surface area contributed by atoms with Gasteiger partial charge in [0.25, 0.3) is 0 Å². The van der Waals surface area contributed by atoms with Crippen molar-refractivity contribution in [1.29, 1.82) is 5.26 Å². The molecular formula is C17H24N2O2. The minimum Gasteiger partial charge on any atom is -0.495 e. The van der Waals surface area contributed by atoms with Crippen LogP contribution in [-0.2, 0) is 4.74 Å². The van der Waals surface area contributed by atoms with Crippen LogP contribution in [0, 0.1) is 16.7 Å². The Bertz CT molecular complexity index is 538. The fraction of sp³-hybridized carbons (Fsp3) is 0.588. The molecule has 2 rings (SSSR count). The summed E-state index contributed by atoms with van der Waals surface area (Å²) in [5.41, 5.74) is 1.68. The lowest BCUT2D eigenvalue weighted by atomic mass is 9.61. The molecule has 0 radical (unpaired) electrons. The number of benzene rings is 1. The highest BCUT2D eigenvalue weighted by Gasteiger charge is 2.51. The van der Waals surface area contributed by atoms with Crippen LogP contribution in [0.25, 0.3) is 0 Å². The topological polar surface area (TPSA) is 54.3 Å². The first-order valence-electron chi connectivity index (χ1n) is 7.55. The highest BCUT2D eigenvalue weighted by Crippen LogP contribution is 2.48. The van der Waals surface area contributed by atoms with Crippen molar-refractivity contribution >= 4 is 5.69 Å². The van der Waals surface area contributed by atoms with E-state index < -0.39 is 0 Å². The van der Waals surface area contributed by atoms with Crippen LogP contribution in [0.1, 0.15) is 39.2 Å². The molecule has 1 aliphatic carbocycles. The highest BCUT2D eigenvalue weighted by molar-refractivity contribution is 5.60. The van der Waals surface area contributed by atoms with Gasteiger partial charge in [-0.05, 0) is 31.9 Å². The number of ether oxygens (including phenoxy) is 2. The van der Waals surface area contributed by atoms with Gasteiger partial charge < -0.3 is 14.8 Å². The molecule has 1 aromatic carbocycles. The van der Waals surface area contributed by atoms with Crippen LogP contribution < -0.4 is 10.1 Å². The maximum Gasteiger partial charge on any atom is 0.143 e. The Morgan fingerprint density at radius 1 is 1.43 bits per heavy atom. The van der Waals surface area contributed by atoms with Gasteiger partial charge in [-0.15, -0.1) is 0 Å². The van der Waals surface area contributed by atoms with E-state index in [1.165, 1.54) is 0 Å². The minimum atomic E-state index is 0.134. The lowest BCUT2D eigenvalue weighted by molar-refractivity contribution is -0.109. The van der Waals surface area contributed by atoms with Gasteiger partial charge in [0.05, 0.1) is 30.5 Å². The van der Waals surface area contributed by atoms with E-state index in [0.29, 0.717) is 23.5 Å². The van der Waals surface area contributed by atoms with E-state index in [-0.39, 0.29) is 5.41 Å². The normalized spacial score (nSPS) is 27.6. The fourth-order valence-corrected chi connectivity index (χ4v) is 3.04. The largest absolute Gasteiger partial charge is 0.495 e. The number of rotatable bonds is 6. The molecule has 0 saturated heterocycles. The van der Waals surface area contributed by atoms with Crippen LogP contribution in [0.3, 0.4) is 0 Å². The Labute approximate surface area is 127 Å². The molecule has 1 N–H and O–H groups in total. The summed E-state index contributed by atoms with van der Waals surface area (Å²) in [6.07, 6.45) is 2.38. The Kier molecular flexibility index (Phi) is 4.74. The van der Waals surface area contributed by atoms with Crippen LogP contribution in [0.5, 0.6) is 5.75 Å². The van der Waals surface area contributed by atoms with Crippen LogP contribution >= 0.6 is 0 Å². The third-order valence-electron chi connectivity index (χ3n) is 4.77. The van der Waals surface area contributed by atoms with Crippen molar-refractivity contribution in [3.05, 3.63) is 23.8 Å². The van der Waals surface area contributed by atoms with Gasteiger partial charge >= 0.3 is 0 Å². The van der Waals surface area contributed by atoms with Gasteiger partial charge in [-0.3, -0.25) is 0 Å². The van der Waals surface area contributed by atoms with E-state index in [4.69, 9.17) is 14.7 Å². The molecule has 0 spiro atoms. The molecule has 0 heterocycles. The van der Waals surface area contributed by atoms with Gasteiger partial charge in [0, 0.05) is 24.1 Å². The number of methoxy groups -OCH3 is 1. The number of nitriles is 1. The second kappa shape index (κ2) is 6.36. The Hall–Kier alpha value is -1.73. The van der Waals surface area contributed by atoms with Gasteiger partial charge in [-0.25, -0.2) is 0 Å². The average molecular weight is 288 g/mol. The summed E-state index contributed by atoms with van der Waals surface area (Å²) >= 11 is 0. The van der Waals surface area contributed by atoms with Gasteiger partial charge in [0.2, 0.25) is 0 Å². The summed E-state index contributed by atoms with van der Waals surface area (Å²) in [6, 6.07) is 7.99. The van der Waals surface area contributed by atoms with Crippen LogP contribution in [0.4, 0.5) is 5.69 Å². The first kappa shape index (κ1) is 15.7. The van der Waals surface area contributed by atoms with Gasteiger partial charge in [0.15, 0.2) is 0 Å². The van der Waals surface area contributed by atoms with E-state index in [2.05, 4.69) is 25.2 Å². The van der Waals surface area contributed by atoms with Crippen molar-refractivity contribution < 1.29 is 9.47 Å². The molecule has 3 atom stereocenters. The van der Waals surface area contributed by atoms with Crippen molar-refractivity contribution in [2.45, 2.75) is 45.8 Å². The van der Waals surface area contributed by atoms with E-state index >= 15 is 0 Å². The number of hydrogen-bond donors (Lipinski definition) is 1. The van der Waals surface area contributed by atoms with E-state index in [1.807, 2.05) is 19.1 Å². The molecule has 0 aromatic heterocycles. The second-order valence-corrected chi connectivity index (χ2v) is 5.76. The summed E-state index contributed by atoms with van der Waals surface area (Å²) in [6.45, 7) is 7.27. The summed E-state index contributed by atoms with van der Waals surface area (Å²) in [5, 5.41) is 12.5. The van der Waals surface area contributed by atoms with Gasteiger partial charge in [0.1, 0.15) is 5.75 Å². The zero-order valence-corrected chi connectivity index (χ0v) is 13.3. The molecule has 1 fully saturated rings. The first-order chi connectivity index (χ1) is 10.1. The summed E-state index contributed by atoms with van der Waals surface area (Å²) in [7, 11) is 1.63. The van der Waals surface area contributed by atoms with E-state index in [1.54, 1.807) is 13.2 Å². The highest BCUT2D eigenvalue weighted by atomic mass is 16.5. The third kappa shape index (κ3) is 2.84. The Morgan fingerprint density at radius 3 is 2.76 bits per heavy atom. The third-order valence-corrected chi connectivity index (χ3v) is 4.77. The first-order valence-corrected chi connectivity index (χ1v) is 7.55. The fourth-order valence-electron chi connectivity index (χ4n) is 3.04. The van der Waals surface area contributed by atoms with E-state index in [9.17, 15) is 0 Å². The minimum absolute atomic E-state index is 0.134.